The minimum Gasteiger partial charge on any atom is -0.462 e. The lowest BCUT2D eigenvalue weighted by Gasteiger charge is -2.70. The molecule has 5 aliphatic carbocycles. The lowest BCUT2D eigenvalue weighted by Crippen LogP contribution is -2.67. The van der Waals surface area contributed by atoms with Gasteiger partial charge in [-0.15, -0.1) is 0 Å². The number of hydrazine groups is 1. The number of allylic oxidation sites excluding steroid dienone is 2. The fraction of sp³-hybridized carbons (Fsp3) is 0.818. The van der Waals surface area contributed by atoms with Crippen molar-refractivity contribution in [2.24, 2.45) is 50.6 Å². The number of amides is 4. The van der Waals surface area contributed by atoms with Crippen LogP contribution in [-0.4, -0.2) is 35.5 Å². The summed E-state index contributed by atoms with van der Waals surface area (Å²) in [7, 11) is 0. The van der Waals surface area contributed by atoms with Crippen LogP contribution in [0.4, 0.5) is 9.59 Å². The minimum atomic E-state index is -0.824. The summed E-state index contributed by atoms with van der Waals surface area (Å²) >= 11 is 0. The highest BCUT2D eigenvalue weighted by Crippen LogP contribution is 2.74. The Morgan fingerprint density at radius 3 is 2.21 bits per heavy atom. The Morgan fingerprint density at radius 1 is 0.905 bits per heavy atom. The lowest BCUT2D eigenvalue weighted by molar-refractivity contribution is -0.210. The van der Waals surface area contributed by atoms with E-state index < -0.39 is 17.6 Å². The van der Waals surface area contributed by atoms with Crippen molar-refractivity contribution in [1.82, 2.24) is 16.2 Å². The second-order valence-corrected chi connectivity index (χ2v) is 16.3. The van der Waals surface area contributed by atoms with Crippen molar-refractivity contribution in [3.8, 4) is 0 Å². The van der Waals surface area contributed by atoms with Crippen LogP contribution in [0.2, 0.25) is 0 Å². The van der Waals surface area contributed by atoms with Gasteiger partial charge in [0, 0.05) is 23.8 Å². The van der Waals surface area contributed by atoms with E-state index in [0.717, 1.165) is 57.8 Å². The minimum absolute atomic E-state index is 0.0587. The molecule has 234 valence electrons. The number of primary amides is 1. The number of carbonyl (C=O) groups is 4. The molecule has 5 rings (SSSR count). The number of nitrogens with two attached hydrogens (primary N) is 1. The van der Waals surface area contributed by atoms with Crippen molar-refractivity contribution >= 4 is 23.8 Å². The smallest absolute Gasteiger partial charge is 0.333 e. The Labute approximate surface area is 250 Å². The molecule has 0 spiro atoms. The molecule has 0 aromatic rings. The molecular formula is C33H52N4O5. The van der Waals surface area contributed by atoms with E-state index in [1.165, 1.54) is 12.5 Å². The summed E-state index contributed by atoms with van der Waals surface area (Å²) in [4.78, 5) is 50.2. The van der Waals surface area contributed by atoms with Gasteiger partial charge in [-0.25, -0.2) is 20.4 Å². The molecule has 4 fully saturated rings. The van der Waals surface area contributed by atoms with Crippen molar-refractivity contribution in [3.63, 3.8) is 0 Å². The Morgan fingerprint density at radius 2 is 1.57 bits per heavy atom. The molecule has 0 bridgehead atoms. The van der Waals surface area contributed by atoms with E-state index in [9.17, 15) is 19.2 Å². The number of hydrogen-bond donors (Lipinski definition) is 4. The van der Waals surface area contributed by atoms with Crippen molar-refractivity contribution in [2.45, 2.75) is 125 Å². The molecule has 4 saturated carbocycles. The summed E-state index contributed by atoms with van der Waals surface area (Å²) < 4.78 is 5.84. The van der Waals surface area contributed by atoms with Crippen molar-refractivity contribution < 1.29 is 23.9 Å². The van der Waals surface area contributed by atoms with Crippen LogP contribution >= 0.6 is 0 Å². The molecular weight excluding hydrogens is 532 g/mol. The molecule has 0 aromatic heterocycles. The van der Waals surface area contributed by atoms with E-state index in [1.54, 1.807) is 0 Å². The highest BCUT2D eigenvalue weighted by molar-refractivity contribution is 5.95. The summed E-state index contributed by atoms with van der Waals surface area (Å²) in [6.45, 7) is 17.5. The van der Waals surface area contributed by atoms with E-state index in [2.05, 4.69) is 64.6 Å². The molecule has 0 aromatic carbocycles. The SMILES string of the molecule is CC(=O)O[C@H]1CC[C@@]2(C)C(CC[C@]3(C)[C@@H]2C(=O)C=C2[C@@H]4C[C@@](C)(NC(=O)NNC(N)=O)CC[C@]4(C)CC[C@]23C)C1(C)C. The fourth-order valence-corrected chi connectivity index (χ4v) is 11.1. The number of urea groups is 2. The van der Waals surface area contributed by atoms with Gasteiger partial charge in [0.05, 0.1) is 0 Å². The van der Waals surface area contributed by atoms with Crippen LogP contribution in [0, 0.1) is 44.8 Å². The van der Waals surface area contributed by atoms with Crippen LogP contribution in [0.15, 0.2) is 11.6 Å². The second-order valence-electron chi connectivity index (χ2n) is 16.3. The molecule has 4 amide bonds. The van der Waals surface area contributed by atoms with Gasteiger partial charge < -0.3 is 15.8 Å². The normalized spacial score (nSPS) is 45.5. The van der Waals surface area contributed by atoms with E-state index >= 15 is 0 Å². The van der Waals surface area contributed by atoms with Gasteiger partial charge in [0.1, 0.15) is 6.10 Å². The van der Waals surface area contributed by atoms with Gasteiger partial charge in [-0.3, -0.25) is 9.59 Å². The third-order valence-corrected chi connectivity index (χ3v) is 13.5. The van der Waals surface area contributed by atoms with Crippen LogP contribution in [-0.2, 0) is 14.3 Å². The zero-order valence-corrected chi connectivity index (χ0v) is 26.9. The molecule has 0 saturated heterocycles. The van der Waals surface area contributed by atoms with Crippen LogP contribution in [0.1, 0.15) is 113 Å². The standard InChI is InChI=1S/C33H52N4O5/c1-19(38)42-24-10-11-31(6)23(28(24,2)3)9-12-33(8)25(31)22(39)17-20-21-18-30(5,35-27(41)37-36-26(34)40)15-13-29(21,4)14-16-32(20,33)7/h17,21,23-25H,9-16,18H2,1-8H3,(H3,34,36,40)(H2,35,37,41)/t21-,23?,24-,25+,29+,30-,31-,32+,33+/m0/s1. The average Bonchev–Trinajstić information content (AvgIpc) is 2.86. The molecule has 0 heterocycles. The van der Waals surface area contributed by atoms with E-state index in [0.29, 0.717) is 0 Å². The third kappa shape index (κ3) is 4.47. The molecule has 5 N–H and O–H groups in total. The average molecular weight is 585 g/mol. The van der Waals surface area contributed by atoms with Gasteiger partial charge in [-0.2, -0.15) is 0 Å². The quantitative estimate of drug-likeness (QED) is 0.249. The zero-order chi connectivity index (χ0) is 31.1. The third-order valence-electron chi connectivity index (χ3n) is 13.5. The number of ether oxygens (including phenoxy) is 1. The summed E-state index contributed by atoms with van der Waals surface area (Å²) in [5.74, 6) is 0.395. The van der Waals surface area contributed by atoms with Crippen molar-refractivity contribution in [3.05, 3.63) is 11.6 Å². The predicted molar refractivity (Wildman–Crippen MR) is 160 cm³/mol. The first-order valence-electron chi connectivity index (χ1n) is 15.9. The van der Waals surface area contributed by atoms with Crippen molar-refractivity contribution in [2.75, 3.05) is 0 Å². The topological polar surface area (TPSA) is 140 Å². The first-order chi connectivity index (χ1) is 19.3. The summed E-state index contributed by atoms with van der Waals surface area (Å²) in [6.07, 6.45) is 10.2. The van der Waals surface area contributed by atoms with Gasteiger partial charge in [0.15, 0.2) is 5.78 Å². The van der Waals surface area contributed by atoms with Gasteiger partial charge in [-0.05, 0) is 104 Å². The lowest BCUT2D eigenvalue weighted by atomic mass is 9.33. The summed E-state index contributed by atoms with van der Waals surface area (Å²) in [6, 6.07) is -1.31. The van der Waals surface area contributed by atoms with Gasteiger partial charge in [0.2, 0.25) is 0 Å². The maximum absolute atomic E-state index is 14.5. The number of hydrogen-bond acceptors (Lipinski definition) is 5. The fourth-order valence-electron chi connectivity index (χ4n) is 11.1. The van der Waals surface area contributed by atoms with E-state index in [1.807, 2.05) is 6.08 Å². The number of carbonyl (C=O) groups excluding carboxylic acids is 4. The maximum atomic E-state index is 14.5. The van der Waals surface area contributed by atoms with Gasteiger partial charge >= 0.3 is 18.0 Å². The highest BCUT2D eigenvalue weighted by Gasteiger charge is 2.70. The molecule has 42 heavy (non-hydrogen) atoms. The first kappa shape index (κ1) is 30.9. The molecule has 9 nitrogen and oxygen atoms in total. The molecule has 9 heteroatoms. The summed E-state index contributed by atoms with van der Waals surface area (Å²) in [5.41, 5.74) is 9.74. The first-order valence-corrected chi connectivity index (χ1v) is 15.9. The summed E-state index contributed by atoms with van der Waals surface area (Å²) in [5, 5.41) is 3.09. The van der Waals surface area contributed by atoms with Crippen LogP contribution in [0.5, 0.6) is 0 Å². The largest absolute Gasteiger partial charge is 0.462 e. The number of esters is 1. The second kappa shape index (κ2) is 9.71. The van der Waals surface area contributed by atoms with Crippen molar-refractivity contribution in [1.29, 1.82) is 0 Å². The number of nitrogens with one attached hydrogen (secondary N) is 3. The van der Waals surface area contributed by atoms with Gasteiger partial charge in [0.25, 0.3) is 0 Å². The monoisotopic (exact) mass is 584 g/mol. The molecule has 9 atom stereocenters. The zero-order valence-electron chi connectivity index (χ0n) is 26.9. The van der Waals surface area contributed by atoms with Crippen LogP contribution in [0.3, 0.4) is 0 Å². The Balaban J connectivity index is 1.49. The highest BCUT2D eigenvalue weighted by atomic mass is 16.5. The van der Waals surface area contributed by atoms with E-state index in [4.69, 9.17) is 10.5 Å². The Hall–Kier alpha value is -2.58. The Kier molecular flexibility index (Phi) is 7.14. The van der Waals surface area contributed by atoms with Gasteiger partial charge in [-0.1, -0.05) is 47.1 Å². The van der Waals surface area contributed by atoms with Crippen LogP contribution in [0.25, 0.3) is 0 Å². The number of fused-ring (bicyclic) bond motifs is 7. The Bertz CT molecular complexity index is 1230. The maximum Gasteiger partial charge on any atom is 0.333 e. The molecule has 1 unspecified atom stereocenters. The number of ketones is 1. The van der Waals surface area contributed by atoms with Crippen LogP contribution < -0.4 is 21.9 Å². The molecule has 0 aliphatic heterocycles. The number of rotatable bonds is 2. The predicted octanol–water partition coefficient (Wildman–Crippen LogP) is 5.53. The molecule has 5 aliphatic rings. The van der Waals surface area contributed by atoms with E-state index in [-0.39, 0.29) is 62.7 Å². The molecule has 0 radical (unpaired) electrons.